The zero-order chi connectivity index (χ0) is 19.3. The summed E-state index contributed by atoms with van der Waals surface area (Å²) in [7, 11) is 1.54. The van der Waals surface area contributed by atoms with E-state index in [-0.39, 0.29) is 11.9 Å². The van der Waals surface area contributed by atoms with Crippen LogP contribution in [0.15, 0.2) is 48.5 Å². The largest absolute Gasteiger partial charge is 0.462 e. The summed E-state index contributed by atoms with van der Waals surface area (Å²) in [5, 5.41) is 0. The van der Waals surface area contributed by atoms with Gasteiger partial charge in [0, 0.05) is 12.6 Å². The lowest BCUT2D eigenvalue weighted by Crippen LogP contribution is -2.43. The Balaban J connectivity index is 2.25. The third-order valence-electron chi connectivity index (χ3n) is 4.15. The molecule has 0 fully saturated rings. The first-order chi connectivity index (χ1) is 12.3. The molecule has 2 amide bonds. The van der Waals surface area contributed by atoms with Crippen molar-refractivity contribution in [1.29, 1.82) is 0 Å². The predicted molar refractivity (Wildman–Crippen MR) is 98.6 cm³/mol. The van der Waals surface area contributed by atoms with Crippen molar-refractivity contribution in [2.24, 2.45) is 5.73 Å². The van der Waals surface area contributed by atoms with Gasteiger partial charge in [-0.05, 0) is 49.2 Å². The lowest BCUT2D eigenvalue weighted by Gasteiger charge is -2.22. The maximum absolute atomic E-state index is 12.5. The minimum atomic E-state index is -0.699. The monoisotopic (exact) mass is 354 g/mol. The highest BCUT2D eigenvalue weighted by atomic mass is 16.5. The van der Waals surface area contributed by atoms with Gasteiger partial charge >= 0.3 is 5.97 Å². The van der Waals surface area contributed by atoms with Crippen LogP contribution in [0.4, 0.5) is 0 Å². The minimum absolute atomic E-state index is 0.290. The maximum Gasteiger partial charge on any atom is 0.338 e. The van der Waals surface area contributed by atoms with Gasteiger partial charge in [-0.1, -0.05) is 24.3 Å². The van der Waals surface area contributed by atoms with E-state index in [9.17, 15) is 14.4 Å². The second-order valence-electron chi connectivity index (χ2n) is 5.87. The second-order valence-corrected chi connectivity index (χ2v) is 5.87. The van der Waals surface area contributed by atoms with Crippen LogP contribution in [0.1, 0.15) is 34.6 Å². The number of likely N-dealkylation sites (N-methyl/N-ethyl adjacent to an activating group) is 1. The van der Waals surface area contributed by atoms with Crippen LogP contribution in [-0.2, 0) is 9.53 Å². The Hall–Kier alpha value is -3.15. The third kappa shape index (κ3) is 4.27. The molecule has 26 heavy (non-hydrogen) atoms. The molecule has 0 aliphatic carbocycles. The van der Waals surface area contributed by atoms with E-state index in [1.165, 1.54) is 4.90 Å². The van der Waals surface area contributed by atoms with E-state index in [1.54, 1.807) is 63.4 Å². The molecule has 2 aromatic rings. The SMILES string of the molecule is CCOC(=O)c1ccc(-c2cccc(C(=O)N(C)C(C)C(N)=O)c2)cc1. The van der Waals surface area contributed by atoms with Gasteiger partial charge in [0.2, 0.25) is 5.91 Å². The number of carbonyl (C=O) groups is 3. The summed E-state index contributed by atoms with van der Waals surface area (Å²) in [4.78, 5) is 36.9. The molecule has 6 heteroatoms. The summed E-state index contributed by atoms with van der Waals surface area (Å²) >= 11 is 0. The van der Waals surface area contributed by atoms with Gasteiger partial charge in [-0.3, -0.25) is 9.59 Å². The molecule has 0 radical (unpaired) electrons. The molecule has 2 rings (SSSR count). The van der Waals surface area contributed by atoms with Gasteiger partial charge in [0.25, 0.3) is 5.91 Å². The lowest BCUT2D eigenvalue weighted by molar-refractivity contribution is -0.121. The molecule has 0 aliphatic rings. The van der Waals surface area contributed by atoms with Crippen molar-refractivity contribution >= 4 is 17.8 Å². The van der Waals surface area contributed by atoms with Crippen molar-refractivity contribution in [1.82, 2.24) is 4.90 Å². The van der Waals surface area contributed by atoms with E-state index in [0.29, 0.717) is 17.7 Å². The summed E-state index contributed by atoms with van der Waals surface area (Å²) in [5.74, 6) is -1.22. The number of hydrogen-bond acceptors (Lipinski definition) is 4. The standard InChI is InChI=1S/C20H22N2O4/c1-4-26-20(25)15-10-8-14(9-11-15)16-6-5-7-17(12-16)19(24)22(3)13(2)18(21)23/h5-13H,4H2,1-3H3,(H2,21,23). The van der Waals surface area contributed by atoms with Crippen LogP contribution < -0.4 is 5.73 Å². The minimum Gasteiger partial charge on any atom is -0.462 e. The number of nitrogens with zero attached hydrogens (tertiary/aromatic N) is 1. The van der Waals surface area contributed by atoms with E-state index in [4.69, 9.17) is 10.5 Å². The summed E-state index contributed by atoms with van der Waals surface area (Å²) in [6.45, 7) is 3.66. The Morgan fingerprint density at radius 1 is 1.04 bits per heavy atom. The maximum atomic E-state index is 12.5. The Labute approximate surface area is 152 Å². The first-order valence-electron chi connectivity index (χ1n) is 8.29. The van der Waals surface area contributed by atoms with Gasteiger partial charge in [0.15, 0.2) is 0 Å². The molecule has 1 atom stereocenters. The molecule has 0 bridgehead atoms. The van der Waals surface area contributed by atoms with Gasteiger partial charge in [0.05, 0.1) is 12.2 Å². The van der Waals surface area contributed by atoms with E-state index in [2.05, 4.69) is 0 Å². The van der Waals surface area contributed by atoms with Crippen LogP contribution in [0, 0.1) is 0 Å². The average molecular weight is 354 g/mol. The summed E-state index contributed by atoms with van der Waals surface area (Å²) < 4.78 is 4.97. The summed E-state index contributed by atoms with van der Waals surface area (Å²) in [5.41, 5.74) is 7.87. The molecule has 0 aliphatic heterocycles. The second kappa shape index (κ2) is 8.29. The van der Waals surface area contributed by atoms with Gasteiger partial charge < -0.3 is 15.4 Å². The van der Waals surface area contributed by atoms with E-state index in [0.717, 1.165) is 11.1 Å². The Morgan fingerprint density at radius 2 is 1.69 bits per heavy atom. The zero-order valence-corrected chi connectivity index (χ0v) is 15.1. The summed E-state index contributed by atoms with van der Waals surface area (Å²) in [6.07, 6.45) is 0. The van der Waals surface area contributed by atoms with Crippen molar-refractivity contribution < 1.29 is 19.1 Å². The molecule has 2 N–H and O–H groups in total. The van der Waals surface area contributed by atoms with Crippen LogP contribution in [0.2, 0.25) is 0 Å². The highest BCUT2D eigenvalue weighted by Crippen LogP contribution is 2.22. The van der Waals surface area contributed by atoms with Crippen LogP contribution >= 0.6 is 0 Å². The van der Waals surface area contributed by atoms with E-state index < -0.39 is 11.9 Å². The van der Waals surface area contributed by atoms with Gasteiger partial charge in [-0.15, -0.1) is 0 Å². The normalized spacial score (nSPS) is 11.5. The molecule has 1 unspecified atom stereocenters. The number of carbonyl (C=O) groups excluding carboxylic acids is 3. The summed E-state index contributed by atoms with van der Waals surface area (Å²) in [6, 6.07) is 13.3. The van der Waals surface area contributed by atoms with Crippen molar-refractivity contribution in [3.63, 3.8) is 0 Å². The topological polar surface area (TPSA) is 89.7 Å². The number of hydrogen-bond donors (Lipinski definition) is 1. The van der Waals surface area contributed by atoms with E-state index >= 15 is 0 Å². The average Bonchev–Trinajstić information content (AvgIpc) is 2.66. The predicted octanol–water partition coefficient (Wildman–Crippen LogP) is 2.48. The fourth-order valence-corrected chi connectivity index (χ4v) is 2.42. The van der Waals surface area contributed by atoms with Crippen molar-refractivity contribution in [3.05, 3.63) is 59.7 Å². The van der Waals surface area contributed by atoms with Crippen LogP contribution in [-0.4, -0.2) is 42.4 Å². The van der Waals surface area contributed by atoms with Crippen molar-refractivity contribution in [2.45, 2.75) is 19.9 Å². The lowest BCUT2D eigenvalue weighted by atomic mass is 10.0. The van der Waals surface area contributed by atoms with Crippen LogP contribution in [0.25, 0.3) is 11.1 Å². The van der Waals surface area contributed by atoms with Crippen LogP contribution in [0.5, 0.6) is 0 Å². The Morgan fingerprint density at radius 3 is 2.27 bits per heavy atom. The highest BCUT2D eigenvalue weighted by molar-refractivity contribution is 5.98. The Kier molecular flexibility index (Phi) is 6.11. The molecular formula is C20H22N2O4. The Bertz CT molecular complexity index is 815. The molecule has 0 saturated carbocycles. The first-order valence-corrected chi connectivity index (χ1v) is 8.29. The number of nitrogens with two attached hydrogens (primary N) is 1. The molecule has 0 heterocycles. The third-order valence-corrected chi connectivity index (χ3v) is 4.15. The smallest absolute Gasteiger partial charge is 0.338 e. The van der Waals surface area contributed by atoms with Crippen molar-refractivity contribution in [3.8, 4) is 11.1 Å². The van der Waals surface area contributed by atoms with Gasteiger partial charge in [-0.25, -0.2) is 4.79 Å². The number of esters is 1. The highest BCUT2D eigenvalue weighted by Gasteiger charge is 2.21. The number of ether oxygens (including phenoxy) is 1. The van der Waals surface area contributed by atoms with Crippen LogP contribution in [0.3, 0.4) is 0 Å². The molecule has 0 spiro atoms. The molecular weight excluding hydrogens is 332 g/mol. The fourth-order valence-electron chi connectivity index (χ4n) is 2.42. The molecule has 6 nitrogen and oxygen atoms in total. The number of rotatable bonds is 6. The number of primary amides is 1. The number of benzene rings is 2. The molecule has 136 valence electrons. The van der Waals surface area contributed by atoms with Gasteiger partial charge in [0.1, 0.15) is 6.04 Å². The van der Waals surface area contributed by atoms with Crippen molar-refractivity contribution in [2.75, 3.05) is 13.7 Å². The zero-order valence-electron chi connectivity index (χ0n) is 15.1. The van der Waals surface area contributed by atoms with Gasteiger partial charge in [-0.2, -0.15) is 0 Å². The van der Waals surface area contributed by atoms with E-state index in [1.807, 2.05) is 6.07 Å². The first kappa shape index (κ1) is 19.2. The molecule has 0 aromatic heterocycles. The molecule has 2 aromatic carbocycles. The molecule has 0 saturated heterocycles. The number of amides is 2. The quantitative estimate of drug-likeness (QED) is 0.807. The fraction of sp³-hybridized carbons (Fsp3) is 0.250.